The third kappa shape index (κ3) is 5.65. The zero-order valence-corrected chi connectivity index (χ0v) is 14.1. The molecule has 0 bridgehead atoms. The molecule has 0 fully saturated rings. The molecule has 4 nitrogen and oxygen atoms in total. The van der Waals surface area contributed by atoms with Gasteiger partial charge in [-0.25, -0.2) is 0 Å². The Morgan fingerprint density at radius 1 is 1.24 bits per heavy atom. The Hall–Kier alpha value is -1.10. The lowest BCUT2D eigenvalue weighted by Crippen LogP contribution is -2.27. The highest BCUT2D eigenvalue weighted by atomic mass is 16.5. The fourth-order valence-electron chi connectivity index (χ4n) is 2.43. The van der Waals surface area contributed by atoms with Gasteiger partial charge in [-0.05, 0) is 37.7 Å². The maximum Gasteiger partial charge on any atom is 0.123 e. The van der Waals surface area contributed by atoms with E-state index < -0.39 is 0 Å². The van der Waals surface area contributed by atoms with Crippen molar-refractivity contribution in [3.8, 4) is 5.75 Å². The molecule has 0 saturated heterocycles. The van der Waals surface area contributed by atoms with Gasteiger partial charge in [0.15, 0.2) is 0 Å². The number of methoxy groups -OCH3 is 2. The monoisotopic (exact) mass is 294 g/mol. The Morgan fingerprint density at radius 2 is 2.00 bits per heavy atom. The highest BCUT2D eigenvalue weighted by molar-refractivity contribution is 5.38. The Labute approximate surface area is 129 Å². The summed E-state index contributed by atoms with van der Waals surface area (Å²) in [5.74, 6) is 0.957. The summed E-state index contributed by atoms with van der Waals surface area (Å²) < 4.78 is 10.7. The normalized spacial score (nSPS) is 12.7. The van der Waals surface area contributed by atoms with Gasteiger partial charge < -0.3 is 14.8 Å². The van der Waals surface area contributed by atoms with Crippen molar-refractivity contribution in [3.05, 3.63) is 29.3 Å². The van der Waals surface area contributed by atoms with Crippen LogP contribution in [0.1, 0.15) is 37.9 Å². The van der Waals surface area contributed by atoms with Crippen LogP contribution in [0.5, 0.6) is 5.75 Å². The molecule has 0 aromatic heterocycles. The molecular formula is C17H30N2O2. The lowest BCUT2D eigenvalue weighted by Gasteiger charge is -2.22. The van der Waals surface area contributed by atoms with Gasteiger partial charge in [-0.15, -0.1) is 0 Å². The SMILES string of the molecule is CCNC(C)c1ccc(OC)c(CN(CC)CCOC)c1. The third-order valence-electron chi connectivity index (χ3n) is 3.77. The fraction of sp³-hybridized carbons (Fsp3) is 0.647. The standard InChI is InChI=1S/C17H30N2O2/c1-6-18-14(3)15-8-9-17(21-5)16(12-15)13-19(7-2)10-11-20-4/h8-9,12,14,18H,6-7,10-11,13H2,1-5H3. The number of nitrogens with one attached hydrogen (secondary N) is 1. The number of hydrogen-bond acceptors (Lipinski definition) is 4. The predicted octanol–water partition coefficient (Wildman–Crippen LogP) is 2.83. The average molecular weight is 294 g/mol. The van der Waals surface area contributed by atoms with Crippen molar-refractivity contribution >= 4 is 0 Å². The number of likely N-dealkylation sites (N-methyl/N-ethyl adjacent to an activating group) is 1. The molecule has 0 heterocycles. The molecule has 1 aromatic rings. The molecule has 1 N–H and O–H groups in total. The lowest BCUT2D eigenvalue weighted by atomic mass is 10.0. The Balaban J connectivity index is 2.88. The second-order valence-corrected chi connectivity index (χ2v) is 5.21. The number of benzene rings is 1. The second kappa shape index (κ2) is 9.77. The zero-order valence-electron chi connectivity index (χ0n) is 14.1. The summed E-state index contributed by atoms with van der Waals surface area (Å²) in [4.78, 5) is 2.36. The smallest absolute Gasteiger partial charge is 0.123 e. The first-order chi connectivity index (χ1) is 10.2. The minimum Gasteiger partial charge on any atom is -0.496 e. The van der Waals surface area contributed by atoms with Crippen LogP contribution in [-0.2, 0) is 11.3 Å². The van der Waals surface area contributed by atoms with Gasteiger partial charge in [0.2, 0.25) is 0 Å². The number of nitrogens with zero attached hydrogens (tertiary/aromatic N) is 1. The van der Waals surface area contributed by atoms with Gasteiger partial charge in [-0.1, -0.05) is 19.9 Å². The van der Waals surface area contributed by atoms with Gasteiger partial charge in [0, 0.05) is 31.8 Å². The fourth-order valence-corrected chi connectivity index (χ4v) is 2.43. The minimum atomic E-state index is 0.355. The maximum atomic E-state index is 5.51. The van der Waals surface area contributed by atoms with Gasteiger partial charge in [0.05, 0.1) is 13.7 Å². The van der Waals surface area contributed by atoms with Crippen LogP contribution < -0.4 is 10.1 Å². The molecule has 0 saturated carbocycles. The van der Waals surface area contributed by atoms with Gasteiger partial charge in [0.25, 0.3) is 0 Å². The van der Waals surface area contributed by atoms with Crippen LogP contribution in [0.3, 0.4) is 0 Å². The van der Waals surface area contributed by atoms with Crippen LogP contribution in [0.25, 0.3) is 0 Å². The van der Waals surface area contributed by atoms with Crippen LogP contribution in [0, 0.1) is 0 Å². The van der Waals surface area contributed by atoms with Crippen molar-refractivity contribution in [1.29, 1.82) is 0 Å². The molecule has 1 aromatic carbocycles. The molecule has 0 radical (unpaired) electrons. The Kier molecular flexibility index (Phi) is 8.35. The summed E-state index contributed by atoms with van der Waals surface area (Å²) in [6.07, 6.45) is 0. The van der Waals surface area contributed by atoms with Crippen molar-refractivity contribution in [2.24, 2.45) is 0 Å². The highest BCUT2D eigenvalue weighted by Crippen LogP contribution is 2.24. The molecule has 4 heteroatoms. The largest absolute Gasteiger partial charge is 0.496 e. The minimum absolute atomic E-state index is 0.355. The van der Waals surface area contributed by atoms with E-state index in [2.05, 4.69) is 49.2 Å². The molecule has 1 unspecified atom stereocenters. The van der Waals surface area contributed by atoms with Crippen LogP contribution in [0.4, 0.5) is 0 Å². The zero-order chi connectivity index (χ0) is 15.7. The Bertz CT molecular complexity index is 410. The molecule has 0 aliphatic rings. The summed E-state index contributed by atoms with van der Waals surface area (Å²) in [5.41, 5.74) is 2.54. The summed E-state index contributed by atoms with van der Waals surface area (Å²) in [6.45, 7) is 11.0. The van der Waals surface area contributed by atoms with Gasteiger partial charge in [-0.3, -0.25) is 4.90 Å². The number of ether oxygens (including phenoxy) is 2. The molecule has 120 valence electrons. The number of rotatable bonds is 10. The van der Waals surface area contributed by atoms with Crippen molar-refractivity contribution < 1.29 is 9.47 Å². The molecule has 0 amide bonds. The maximum absolute atomic E-state index is 5.51. The van der Waals surface area contributed by atoms with Gasteiger partial charge >= 0.3 is 0 Å². The molecule has 1 rings (SSSR count). The number of hydrogen-bond donors (Lipinski definition) is 1. The van der Waals surface area contributed by atoms with Crippen molar-refractivity contribution in [1.82, 2.24) is 10.2 Å². The molecular weight excluding hydrogens is 264 g/mol. The van der Waals surface area contributed by atoms with E-state index in [1.165, 1.54) is 11.1 Å². The van der Waals surface area contributed by atoms with Crippen molar-refractivity contribution in [2.75, 3.05) is 40.5 Å². The predicted molar refractivity (Wildman–Crippen MR) is 87.9 cm³/mol. The molecule has 0 spiro atoms. The summed E-state index contributed by atoms with van der Waals surface area (Å²) >= 11 is 0. The first kappa shape index (κ1) is 18.0. The Morgan fingerprint density at radius 3 is 2.57 bits per heavy atom. The van der Waals surface area contributed by atoms with E-state index in [0.717, 1.165) is 38.5 Å². The molecule has 21 heavy (non-hydrogen) atoms. The van der Waals surface area contributed by atoms with E-state index in [4.69, 9.17) is 9.47 Å². The first-order valence-corrected chi connectivity index (χ1v) is 7.77. The topological polar surface area (TPSA) is 33.7 Å². The molecule has 0 aliphatic carbocycles. The van der Waals surface area contributed by atoms with Crippen LogP contribution in [0.15, 0.2) is 18.2 Å². The average Bonchev–Trinajstić information content (AvgIpc) is 2.51. The van der Waals surface area contributed by atoms with E-state index in [9.17, 15) is 0 Å². The summed E-state index contributed by atoms with van der Waals surface area (Å²) in [5, 5.41) is 3.45. The van der Waals surface area contributed by atoms with Crippen LogP contribution in [0.2, 0.25) is 0 Å². The van der Waals surface area contributed by atoms with E-state index in [0.29, 0.717) is 6.04 Å². The van der Waals surface area contributed by atoms with Crippen molar-refractivity contribution in [2.45, 2.75) is 33.4 Å². The molecule has 1 atom stereocenters. The summed E-state index contributed by atoms with van der Waals surface area (Å²) in [7, 11) is 3.48. The summed E-state index contributed by atoms with van der Waals surface area (Å²) in [6, 6.07) is 6.82. The van der Waals surface area contributed by atoms with Gasteiger partial charge in [-0.2, -0.15) is 0 Å². The second-order valence-electron chi connectivity index (χ2n) is 5.21. The van der Waals surface area contributed by atoms with Crippen molar-refractivity contribution in [3.63, 3.8) is 0 Å². The van der Waals surface area contributed by atoms with Crippen LogP contribution in [-0.4, -0.2) is 45.4 Å². The lowest BCUT2D eigenvalue weighted by molar-refractivity contribution is 0.147. The van der Waals surface area contributed by atoms with E-state index in [-0.39, 0.29) is 0 Å². The van der Waals surface area contributed by atoms with E-state index >= 15 is 0 Å². The van der Waals surface area contributed by atoms with Crippen LogP contribution >= 0.6 is 0 Å². The van der Waals surface area contributed by atoms with E-state index in [1.54, 1.807) is 14.2 Å². The highest BCUT2D eigenvalue weighted by Gasteiger charge is 2.12. The van der Waals surface area contributed by atoms with Gasteiger partial charge in [0.1, 0.15) is 5.75 Å². The van der Waals surface area contributed by atoms with E-state index in [1.807, 2.05) is 0 Å². The third-order valence-corrected chi connectivity index (χ3v) is 3.77. The quantitative estimate of drug-likeness (QED) is 0.719. The molecule has 0 aliphatic heterocycles. The first-order valence-electron chi connectivity index (χ1n) is 7.77.